The normalized spacial score (nSPS) is 10.6. The van der Waals surface area contributed by atoms with Crippen LogP contribution in [0.2, 0.25) is 0 Å². The third-order valence-corrected chi connectivity index (χ3v) is 2.99. The molecule has 2 amide bonds. The van der Waals surface area contributed by atoms with Crippen molar-refractivity contribution in [1.29, 1.82) is 0 Å². The quantitative estimate of drug-likeness (QED) is 0.881. The van der Waals surface area contributed by atoms with Crippen LogP contribution in [0.4, 0.5) is 10.5 Å². The van der Waals surface area contributed by atoms with E-state index in [4.69, 9.17) is 9.52 Å². The predicted octanol–water partition coefficient (Wildman–Crippen LogP) is 2.33. The lowest BCUT2D eigenvalue weighted by Crippen LogP contribution is -2.33. The molecule has 7 nitrogen and oxygen atoms in total. The van der Waals surface area contributed by atoms with Crippen LogP contribution >= 0.6 is 0 Å². The number of carbonyl (C=O) groups is 2. The van der Waals surface area contributed by atoms with Gasteiger partial charge in [-0.05, 0) is 18.2 Å². The first-order valence-corrected chi connectivity index (χ1v) is 6.63. The van der Waals surface area contributed by atoms with E-state index in [2.05, 4.69) is 10.3 Å². The summed E-state index contributed by atoms with van der Waals surface area (Å²) in [5, 5.41) is 11.3. The molecule has 0 atom stereocenters. The highest BCUT2D eigenvalue weighted by molar-refractivity contribution is 5.91. The van der Waals surface area contributed by atoms with Gasteiger partial charge in [-0.25, -0.2) is 9.78 Å². The molecule has 0 aliphatic carbocycles. The predicted molar refractivity (Wildman–Crippen MR) is 77.3 cm³/mol. The second-order valence-corrected chi connectivity index (χ2v) is 4.64. The number of benzene rings is 1. The Morgan fingerprint density at radius 2 is 2.19 bits per heavy atom. The van der Waals surface area contributed by atoms with Gasteiger partial charge in [-0.3, -0.25) is 4.79 Å². The van der Waals surface area contributed by atoms with Crippen molar-refractivity contribution in [3.05, 3.63) is 24.1 Å². The SMILES string of the molecule is CCc1nc2cc(NC(=O)N(C)CCC(=O)O)ccc2o1. The molecule has 0 unspecified atom stereocenters. The van der Waals surface area contributed by atoms with Crippen molar-refractivity contribution in [2.24, 2.45) is 0 Å². The summed E-state index contributed by atoms with van der Waals surface area (Å²) in [4.78, 5) is 28.0. The molecule has 2 rings (SSSR count). The molecule has 0 fully saturated rings. The van der Waals surface area contributed by atoms with Crippen molar-refractivity contribution in [2.75, 3.05) is 18.9 Å². The number of aryl methyl sites for hydroxylation is 1. The third kappa shape index (κ3) is 3.71. The smallest absolute Gasteiger partial charge is 0.321 e. The second-order valence-electron chi connectivity index (χ2n) is 4.64. The summed E-state index contributed by atoms with van der Waals surface area (Å²) in [5.74, 6) is -0.294. The van der Waals surface area contributed by atoms with Crippen molar-refractivity contribution >= 4 is 28.8 Å². The minimum absolute atomic E-state index is 0.0912. The van der Waals surface area contributed by atoms with Crippen molar-refractivity contribution in [2.45, 2.75) is 19.8 Å². The number of rotatable bonds is 5. The molecule has 112 valence electrons. The van der Waals surface area contributed by atoms with Crippen LogP contribution in [-0.4, -0.2) is 40.6 Å². The molecule has 7 heteroatoms. The van der Waals surface area contributed by atoms with Gasteiger partial charge in [-0.2, -0.15) is 0 Å². The Hall–Kier alpha value is -2.57. The summed E-state index contributed by atoms with van der Waals surface area (Å²) in [5.41, 5.74) is 1.94. The Morgan fingerprint density at radius 1 is 1.43 bits per heavy atom. The van der Waals surface area contributed by atoms with Gasteiger partial charge in [0.2, 0.25) is 0 Å². The van der Waals surface area contributed by atoms with E-state index < -0.39 is 5.97 Å². The molecule has 0 saturated heterocycles. The number of nitrogens with one attached hydrogen (secondary N) is 1. The number of aliphatic carboxylic acids is 1. The van der Waals surface area contributed by atoms with Crippen LogP contribution in [0.5, 0.6) is 0 Å². The lowest BCUT2D eigenvalue weighted by Gasteiger charge is -2.16. The van der Waals surface area contributed by atoms with Crippen LogP contribution in [0.3, 0.4) is 0 Å². The zero-order chi connectivity index (χ0) is 15.4. The number of amides is 2. The van der Waals surface area contributed by atoms with Crippen LogP contribution in [0.1, 0.15) is 19.2 Å². The molecule has 0 aliphatic heterocycles. The molecular weight excluding hydrogens is 274 g/mol. The zero-order valence-electron chi connectivity index (χ0n) is 11.9. The molecule has 2 aromatic rings. The molecule has 0 spiro atoms. The lowest BCUT2D eigenvalue weighted by atomic mass is 10.3. The standard InChI is InChI=1S/C14H17N3O4/c1-3-12-16-10-8-9(4-5-11(10)21-12)15-14(20)17(2)7-6-13(18)19/h4-5,8H,3,6-7H2,1-2H3,(H,15,20)(H,18,19). The minimum Gasteiger partial charge on any atom is -0.481 e. The fourth-order valence-corrected chi connectivity index (χ4v) is 1.79. The Bertz CT molecular complexity index is 665. The number of nitrogens with zero attached hydrogens (tertiary/aromatic N) is 2. The first-order chi connectivity index (χ1) is 9.99. The Kier molecular flexibility index (Phi) is 4.42. The number of carboxylic acid groups (broad SMARTS) is 1. The molecule has 1 aromatic carbocycles. The van der Waals surface area contributed by atoms with E-state index in [0.29, 0.717) is 29.1 Å². The van der Waals surface area contributed by atoms with Crippen LogP contribution in [0.25, 0.3) is 11.1 Å². The number of fused-ring (bicyclic) bond motifs is 1. The maximum atomic E-state index is 11.9. The summed E-state index contributed by atoms with van der Waals surface area (Å²) in [6.45, 7) is 2.10. The Morgan fingerprint density at radius 3 is 2.86 bits per heavy atom. The van der Waals surface area contributed by atoms with E-state index in [9.17, 15) is 9.59 Å². The topological polar surface area (TPSA) is 95.7 Å². The van der Waals surface area contributed by atoms with Gasteiger partial charge >= 0.3 is 12.0 Å². The van der Waals surface area contributed by atoms with Crippen LogP contribution in [0, 0.1) is 0 Å². The van der Waals surface area contributed by atoms with Gasteiger partial charge in [0.25, 0.3) is 0 Å². The van der Waals surface area contributed by atoms with Gasteiger partial charge < -0.3 is 19.7 Å². The van der Waals surface area contributed by atoms with Crippen molar-refractivity contribution in [3.63, 3.8) is 0 Å². The molecule has 21 heavy (non-hydrogen) atoms. The molecule has 0 radical (unpaired) electrons. The van der Waals surface area contributed by atoms with Crippen molar-refractivity contribution < 1.29 is 19.1 Å². The van der Waals surface area contributed by atoms with Crippen LogP contribution in [0.15, 0.2) is 22.6 Å². The first-order valence-electron chi connectivity index (χ1n) is 6.63. The summed E-state index contributed by atoms with van der Waals surface area (Å²) in [7, 11) is 1.54. The molecule has 0 bridgehead atoms. The van der Waals surface area contributed by atoms with Crippen molar-refractivity contribution in [3.8, 4) is 0 Å². The van der Waals surface area contributed by atoms with Crippen LogP contribution < -0.4 is 5.32 Å². The number of hydrogen-bond donors (Lipinski definition) is 2. The van der Waals surface area contributed by atoms with E-state index >= 15 is 0 Å². The highest BCUT2D eigenvalue weighted by atomic mass is 16.4. The fraction of sp³-hybridized carbons (Fsp3) is 0.357. The second kappa shape index (κ2) is 6.25. The largest absolute Gasteiger partial charge is 0.481 e. The van der Waals surface area contributed by atoms with E-state index in [1.807, 2.05) is 6.92 Å². The average molecular weight is 291 g/mol. The summed E-state index contributed by atoms with van der Waals surface area (Å²) in [6.07, 6.45) is 0.612. The minimum atomic E-state index is -0.939. The maximum Gasteiger partial charge on any atom is 0.321 e. The van der Waals surface area contributed by atoms with Gasteiger partial charge in [-0.1, -0.05) is 6.92 Å². The zero-order valence-corrected chi connectivity index (χ0v) is 11.9. The first kappa shape index (κ1) is 14.8. The Labute approximate surface area is 121 Å². The van der Waals surface area contributed by atoms with Gasteiger partial charge in [0, 0.05) is 25.7 Å². The van der Waals surface area contributed by atoms with Gasteiger partial charge in [0.05, 0.1) is 6.42 Å². The van der Waals surface area contributed by atoms with Gasteiger partial charge in [-0.15, -0.1) is 0 Å². The number of anilines is 1. The number of carbonyl (C=O) groups excluding carboxylic acids is 1. The maximum absolute atomic E-state index is 11.9. The highest BCUT2D eigenvalue weighted by Crippen LogP contribution is 2.20. The summed E-state index contributed by atoms with van der Waals surface area (Å²) in [6, 6.07) is 4.82. The highest BCUT2D eigenvalue weighted by Gasteiger charge is 2.11. The molecular formula is C14H17N3O4. The molecule has 1 heterocycles. The van der Waals surface area contributed by atoms with Crippen LogP contribution in [-0.2, 0) is 11.2 Å². The summed E-state index contributed by atoms with van der Waals surface area (Å²) < 4.78 is 5.49. The fourth-order valence-electron chi connectivity index (χ4n) is 1.79. The summed E-state index contributed by atoms with van der Waals surface area (Å²) >= 11 is 0. The van der Waals surface area contributed by atoms with E-state index in [-0.39, 0.29) is 19.0 Å². The van der Waals surface area contributed by atoms with Gasteiger partial charge in [0.1, 0.15) is 5.52 Å². The lowest BCUT2D eigenvalue weighted by molar-refractivity contribution is -0.137. The van der Waals surface area contributed by atoms with Crippen molar-refractivity contribution in [1.82, 2.24) is 9.88 Å². The Balaban J connectivity index is 2.04. The monoisotopic (exact) mass is 291 g/mol. The average Bonchev–Trinajstić information content (AvgIpc) is 2.86. The molecule has 0 aliphatic rings. The molecule has 0 saturated carbocycles. The number of carboxylic acids is 1. The van der Waals surface area contributed by atoms with E-state index in [1.54, 1.807) is 25.2 Å². The number of hydrogen-bond acceptors (Lipinski definition) is 4. The van der Waals surface area contributed by atoms with E-state index in [0.717, 1.165) is 0 Å². The molecule has 1 aromatic heterocycles. The number of urea groups is 1. The number of aromatic nitrogens is 1. The third-order valence-electron chi connectivity index (χ3n) is 2.99. The number of oxazole rings is 1. The van der Waals surface area contributed by atoms with E-state index in [1.165, 1.54) is 4.90 Å². The molecule has 2 N–H and O–H groups in total. The van der Waals surface area contributed by atoms with Gasteiger partial charge in [0.15, 0.2) is 11.5 Å².